The monoisotopic (exact) mass is 281 g/mol. The van der Waals surface area contributed by atoms with Crippen molar-refractivity contribution in [3.63, 3.8) is 0 Å². The van der Waals surface area contributed by atoms with Gasteiger partial charge in [0.25, 0.3) is 0 Å². The molecule has 0 unspecified atom stereocenters. The number of nitrogens with zero attached hydrogens (tertiary/aromatic N) is 1. The topological polar surface area (TPSA) is 39.2 Å². The quantitative estimate of drug-likeness (QED) is 0.808. The molecule has 0 atom stereocenters. The van der Waals surface area contributed by atoms with E-state index in [4.69, 9.17) is 0 Å². The molecule has 1 heterocycles. The van der Waals surface area contributed by atoms with E-state index in [2.05, 4.69) is 9.72 Å². The van der Waals surface area contributed by atoms with E-state index < -0.39 is 17.9 Å². The van der Waals surface area contributed by atoms with Crippen LogP contribution in [0.2, 0.25) is 0 Å². The van der Waals surface area contributed by atoms with Crippen molar-refractivity contribution in [2.75, 3.05) is 0 Å². The summed E-state index contributed by atoms with van der Waals surface area (Å²) in [6.07, 6.45) is -3.34. The summed E-state index contributed by atoms with van der Waals surface area (Å²) in [6.45, 7) is 1.61. The van der Waals surface area contributed by atoms with Gasteiger partial charge in [-0.15, -0.1) is 13.2 Å². The summed E-state index contributed by atoms with van der Waals surface area (Å²) < 4.78 is 40.8. The fraction of sp³-hybridized carbons (Fsp3) is 0.143. The molecule has 20 heavy (non-hydrogen) atoms. The molecule has 0 bridgehead atoms. The lowest BCUT2D eigenvalue weighted by atomic mass is 10.0. The van der Waals surface area contributed by atoms with Crippen molar-refractivity contribution in [3.05, 3.63) is 59.4 Å². The highest BCUT2D eigenvalue weighted by molar-refractivity contribution is 6.11. The number of carbonyl (C=O) groups is 1. The Morgan fingerprint density at radius 1 is 1.10 bits per heavy atom. The average Bonchev–Trinajstić information content (AvgIpc) is 2.37. The molecule has 0 N–H and O–H groups in total. The van der Waals surface area contributed by atoms with Gasteiger partial charge in [0.15, 0.2) is 5.78 Å². The number of benzene rings is 1. The molecule has 0 saturated carbocycles. The van der Waals surface area contributed by atoms with E-state index in [9.17, 15) is 18.0 Å². The second-order valence-electron chi connectivity index (χ2n) is 4.01. The van der Waals surface area contributed by atoms with Gasteiger partial charge in [0.2, 0.25) is 0 Å². The molecule has 2 rings (SSSR count). The highest BCUT2D eigenvalue weighted by Crippen LogP contribution is 2.28. The number of halogens is 3. The zero-order valence-corrected chi connectivity index (χ0v) is 10.4. The summed E-state index contributed by atoms with van der Waals surface area (Å²) in [6, 6.07) is 8.29. The van der Waals surface area contributed by atoms with E-state index in [1.807, 2.05) is 0 Å². The van der Waals surface area contributed by atoms with Crippen LogP contribution in [0, 0.1) is 6.92 Å². The minimum absolute atomic E-state index is 0.152. The van der Waals surface area contributed by atoms with Gasteiger partial charge >= 0.3 is 6.36 Å². The number of rotatable bonds is 3. The van der Waals surface area contributed by atoms with E-state index in [0.717, 1.165) is 6.07 Å². The van der Waals surface area contributed by atoms with Crippen molar-refractivity contribution < 1.29 is 22.7 Å². The second kappa shape index (κ2) is 5.32. The number of alkyl halides is 3. The molecule has 1 aromatic heterocycles. The summed E-state index contributed by atoms with van der Waals surface area (Å²) in [5.41, 5.74) is 0.533. The van der Waals surface area contributed by atoms with Crippen molar-refractivity contribution in [1.29, 1.82) is 0 Å². The molecule has 1 aromatic carbocycles. The first-order valence-corrected chi connectivity index (χ1v) is 5.69. The molecule has 0 saturated heterocycles. The van der Waals surface area contributed by atoms with Gasteiger partial charge < -0.3 is 4.74 Å². The van der Waals surface area contributed by atoms with Crippen molar-refractivity contribution in [3.8, 4) is 5.75 Å². The zero-order chi connectivity index (χ0) is 14.8. The third kappa shape index (κ3) is 3.14. The van der Waals surface area contributed by atoms with Crippen LogP contribution in [0.25, 0.3) is 0 Å². The van der Waals surface area contributed by atoms with Gasteiger partial charge in [0.05, 0.1) is 5.56 Å². The van der Waals surface area contributed by atoms with Crippen LogP contribution in [-0.2, 0) is 0 Å². The van der Waals surface area contributed by atoms with E-state index in [1.165, 1.54) is 30.5 Å². The predicted molar refractivity (Wildman–Crippen MR) is 65.5 cm³/mol. The van der Waals surface area contributed by atoms with Gasteiger partial charge in [0, 0.05) is 17.5 Å². The van der Waals surface area contributed by atoms with Gasteiger partial charge in [0.1, 0.15) is 5.75 Å². The molecule has 0 aliphatic heterocycles. The summed E-state index contributed by atoms with van der Waals surface area (Å²) in [7, 11) is 0. The van der Waals surface area contributed by atoms with Crippen LogP contribution in [0.1, 0.15) is 21.6 Å². The molecular formula is C14H10F3NO2. The number of hydrogen-bond donors (Lipinski definition) is 0. The maximum Gasteiger partial charge on any atom is 0.573 e. The number of aryl methyl sites for hydroxylation is 1. The molecule has 0 aliphatic rings. The Labute approximate surface area is 113 Å². The van der Waals surface area contributed by atoms with Gasteiger partial charge in [-0.05, 0) is 31.2 Å². The maximum absolute atomic E-state index is 12.3. The Morgan fingerprint density at radius 2 is 1.75 bits per heavy atom. The third-order valence-corrected chi connectivity index (χ3v) is 2.61. The molecule has 0 fully saturated rings. The lowest BCUT2D eigenvalue weighted by Crippen LogP contribution is -2.19. The van der Waals surface area contributed by atoms with Crippen molar-refractivity contribution in [2.24, 2.45) is 0 Å². The summed E-state index contributed by atoms with van der Waals surface area (Å²) >= 11 is 0. The number of pyridine rings is 1. The first kappa shape index (κ1) is 14.0. The molecule has 104 valence electrons. The number of aromatic nitrogens is 1. The smallest absolute Gasteiger partial charge is 0.405 e. The Kier molecular flexibility index (Phi) is 3.74. The molecule has 3 nitrogen and oxygen atoms in total. The minimum atomic E-state index is -4.85. The molecule has 2 aromatic rings. The Bertz CT molecular complexity index is 638. The van der Waals surface area contributed by atoms with Gasteiger partial charge in [-0.2, -0.15) is 0 Å². The number of carbonyl (C=O) groups excluding carboxylic acids is 1. The highest BCUT2D eigenvalue weighted by atomic mass is 19.4. The Morgan fingerprint density at radius 3 is 2.40 bits per heavy atom. The van der Waals surface area contributed by atoms with Crippen LogP contribution in [0.4, 0.5) is 13.2 Å². The van der Waals surface area contributed by atoms with E-state index in [1.54, 1.807) is 13.0 Å². The normalized spacial score (nSPS) is 11.2. The Hall–Kier alpha value is -2.37. The van der Waals surface area contributed by atoms with Crippen LogP contribution in [-0.4, -0.2) is 17.1 Å². The van der Waals surface area contributed by atoms with Crippen molar-refractivity contribution in [2.45, 2.75) is 13.3 Å². The molecule has 0 aliphatic carbocycles. The van der Waals surface area contributed by atoms with Crippen molar-refractivity contribution in [1.82, 2.24) is 4.98 Å². The Balaban J connectivity index is 2.43. The molecule has 6 heteroatoms. The van der Waals surface area contributed by atoms with Crippen molar-refractivity contribution >= 4 is 5.78 Å². The first-order valence-electron chi connectivity index (χ1n) is 5.69. The van der Waals surface area contributed by atoms with Crippen LogP contribution in [0.15, 0.2) is 42.6 Å². The fourth-order valence-electron chi connectivity index (χ4n) is 1.74. The minimum Gasteiger partial charge on any atom is -0.405 e. The fourth-order valence-corrected chi connectivity index (χ4v) is 1.74. The van der Waals surface area contributed by atoms with E-state index in [-0.39, 0.29) is 11.1 Å². The van der Waals surface area contributed by atoms with E-state index >= 15 is 0 Å². The SMILES string of the molecule is Cc1ncccc1C(=O)c1ccccc1OC(F)(F)F. The average molecular weight is 281 g/mol. The summed E-state index contributed by atoms with van der Waals surface area (Å²) in [5, 5.41) is 0. The largest absolute Gasteiger partial charge is 0.573 e. The summed E-state index contributed by atoms with van der Waals surface area (Å²) in [5.74, 6) is -1.08. The standard InChI is InChI=1S/C14H10F3NO2/c1-9-10(6-4-8-18-9)13(19)11-5-2-3-7-12(11)20-14(15,16)17/h2-8H,1H3. The van der Waals surface area contributed by atoms with Crippen LogP contribution in [0.3, 0.4) is 0 Å². The highest BCUT2D eigenvalue weighted by Gasteiger charge is 2.33. The second-order valence-corrected chi connectivity index (χ2v) is 4.01. The zero-order valence-electron chi connectivity index (χ0n) is 10.4. The lowest BCUT2D eigenvalue weighted by molar-refractivity contribution is -0.274. The van der Waals surface area contributed by atoms with E-state index in [0.29, 0.717) is 5.69 Å². The maximum atomic E-state index is 12.3. The molecule has 0 amide bonds. The van der Waals surface area contributed by atoms with Gasteiger partial charge in [-0.3, -0.25) is 9.78 Å². The van der Waals surface area contributed by atoms with Gasteiger partial charge in [-0.25, -0.2) is 0 Å². The van der Waals surface area contributed by atoms with Gasteiger partial charge in [-0.1, -0.05) is 12.1 Å². The molecule has 0 radical (unpaired) electrons. The van der Waals surface area contributed by atoms with Crippen LogP contribution < -0.4 is 4.74 Å². The first-order chi connectivity index (χ1) is 9.38. The molecule has 0 spiro atoms. The number of ketones is 1. The third-order valence-electron chi connectivity index (χ3n) is 2.61. The molecular weight excluding hydrogens is 271 g/mol. The number of ether oxygens (including phenoxy) is 1. The van der Waals surface area contributed by atoms with Crippen LogP contribution in [0.5, 0.6) is 5.75 Å². The van der Waals surface area contributed by atoms with Crippen LogP contribution >= 0.6 is 0 Å². The number of hydrogen-bond acceptors (Lipinski definition) is 3. The number of para-hydroxylation sites is 1. The lowest BCUT2D eigenvalue weighted by Gasteiger charge is -2.12. The predicted octanol–water partition coefficient (Wildman–Crippen LogP) is 3.52. The summed E-state index contributed by atoms with van der Waals surface area (Å²) in [4.78, 5) is 16.2.